The lowest BCUT2D eigenvalue weighted by molar-refractivity contribution is 0.254. The summed E-state index contributed by atoms with van der Waals surface area (Å²) in [5.41, 5.74) is 1.10. The Balaban J connectivity index is 1.92. The van der Waals surface area contributed by atoms with Crippen LogP contribution in [0, 0.1) is 6.92 Å². The van der Waals surface area contributed by atoms with E-state index in [9.17, 15) is 0 Å². The lowest BCUT2D eigenvalue weighted by Gasteiger charge is -2.24. The van der Waals surface area contributed by atoms with Crippen molar-refractivity contribution in [3.63, 3.8) is 0 Å². The Labute approximate surface area is 128 Å². The van der Waals surface area contributed by atoms with Gasteiger partial charge in [-0.15, -0.1) is 0 Å². The Kier molecular flexibility index (Phi) is 5.79. The van der Waals surface area contributed by atoms with Gasteiger partial charge in [0, 0.05) is 38.2 Å². The molecule has 0 unspecified atom stereocenters. The first-order valence-electron chi connectivity index (χ1n) is 8.15. The summed E-state index contributed by atoms with van der Waals surface area (Å²) in [4.78, 5) is 11.6. The Morgan fingerprint density at radius 2 is 1.86 bits per heavy atom. The van der Waals surface area contributed by atoms with Crippen LogP contribution in [0.25, 0.3) is 0 Å². The third-order valence-corrected chi connectivity index (χ3v) is 4.45. The fourth-order valence-electron chi connectivity index (χ4n) is 3.01. The summed E-state index contributed by atoms with van der Waals surface area (Å²) in [5.74, 6) is 2.77. The number of hydrogen-bond acceptors (Lipinski definition) is 5. The molecule has 1 aromatic rings. The number of rotatable bonds is 7. The highest BCUT2D eigenvalue weighted by molar-refractivity contribution is 5.56. The van der Waals surface area contributed by atoms with Gasteiger partial charge in [0.1, 0.15) is 17.5 Å². The van der Waals surface area contributed by atoms with Gasteiger partial charge in [-0.3, -0.25) is 0 Å². The molecule has 2 N–H and O–H groups in total. The molecule has 21 heavy (non-hydrogen) atoms. The molecule has 0 spiro atoms. The van der Waals surface area contributed by atoms with Gasteiger partial charge in [-0.2, -0.15) is 0 Å². The fourth-order valence-corrected chi connectivity index (χ4v) is 3.01. The fraction of sp³-hybridized carbons (Fsp3) is 0.750. The summed E-state index contributed by atoms with van der Waals surface area (Å²) in [5, 5.41) is 6.64. The topological polar surface area (TPSA) is 53.1 Å². The van der Waals surface area contributed by atoms with Crippen molar-refractivity contribution in [1.82, 2.24) is 14.9 Å². The molecule has 118 valence electrons. The van der Waals surface area contributed by atoms with E-state index in [1.165, 1.54) is 25.7 Å². The van der Waals surface area contributed by atoms with Gasteiger partial charge in [0.15, 0.2) is 0 Å². The Bertz CT molecular complexity index is 454. The molecule has 1 aliphatic carbocycles. The molecule has 0 radical (unpaired) electrons. The van der Waals surface area contributed by atoms with Gasteiger partial charge in [0.25, 0.3) is 0 Å². The largest absolute Gasteiger partial charge is 0.373 e. The van der Waals surface area contributed by atoms with Crippen LogP contribution < -0.4 is 10.6 Å². The lowest BCUT2D eigenvalue weighted by atomic mass is 10.2. The van der Waals surface area contributed by atoms with Crippen LogP contribution in [0.5, 0.6) is 0 Å². The third-order valence-electron chi connectivity index (χ3n) is 4.45. The molecule has 1 aromatic heterocycles. The summed E-state index contributed by atoms with van der Waals surface area (Å²) in [7, 11) is 4.15. The van der Waals surface area contributed by atoms with Crippen LogP contribution in [0.4, 0.5) is 11.6 Å². The van der Waals surface area contributed by atoms with Gasteiger partial charge >= 0.3 is 0 Å². The zero-order valence-electron chi connectivity index (χ0n) is 13.9. The first-order valence-corrected chi connectivity index (χ1v) is 8.15. The SMILES string of the molecule is CCc1nc(NC)c(C)c(NCCN(C)C2CCCC2)n1. The van der Waals surface area contributed by atoms with Crippen molar-refractivity contribution in [2.75, 3.05) is 37.8 Å². The highest BCUT2D eigenvalue weighted by Gasteiger charge is 2.19. The van der Waals surface area contributed by atoms with Crippen LogP contribution in [0.2, 0.25) is 0 Å². The molecular formula is C16H29N5. The van der Waals surface area contributed by atoms with Crippen molar-refractivity contribution < 1.29 is 0 Å². The van der Waals surface area contributed by atoms with Crippen molar-refractivity contribution in [2.24, 2.45) is 0 Å². The first-order chi connectivity index (χ1) is 10.2. The molecule has 0 aliphatic heterocycles. The quantitative estimate of drug-likeness (QED) is 0.809. The van der Waals surface area contributed by atoms with Gasteiger partial charge in [-0.05, 0) is 26.8 Å². The average molecular weight is 291 g/mol. The van der Waals surface area contributed by atoms with Gasteiger partial charge < -0.3 is 15.5 Å². The van der Waals surface area contributed by atoms with Gasteiger partial charge in [0.2, 0.25) is 0 Å². The maximum Gasteiger partial charge on any atom is 0.134 e. The van der Waals surface area contributed by atoms with Gasteiger partial charge in [-0.25, -0.2) is 9.97 Å². The molecule has 5 nitrogen and oxygen atoms in total. The molecule has 0 aromatic carbocycles. The van der Waals surface area contributed by atoms with Crippen LogP contribution >= 0.6 is 0 Å². The lowest BCUT2D eigenvalue weighted by Crippen LogP contribution is -2.33. The normalized spacial score (nSPS) is 15.7. The average Bonchev–Trinajstić information content (AvgIpc) is 3.03. The second-order valence-corrected chi connectivity index (χ2v) is 5.91. The summed E-state index contributed by atoms with van der Waals surface area (Å²) < 4.78 is 0. The number of aromatic nitrogens is 2. The third kappa shape index (κ3) is 4.06. The molecule has 5 heteroatoms. The Morgan fingerprint density at radius 1 is 1.19 bits per heavy atom. The number of nitrogens with zero attached hydrogens (tertiary/aromatic N) is 3. The molecule has 1 fully saturated rings. The van der Waals surface area contributed by atoms with Gasteiger partial charge in [-0.1, -0.05) is 19.8 Å². The predicted octanol–water partition coefficient (Wildman–Crippen LogP) is 2.68. The van der Waals surface area contributed by atoms with Crippen molar-refractivity contribution >= 4 is 11.6 Å². The standard InChI is InChI=1S/C16H29N5/c1-5-14-19-15(17-3)12(2)16(20-14)18-10-11-21(4)13-8-6-7-9-13/h13H,5-11H2,1-4H3,(H2,17,18,19,20). The van der Waals surface area contributed by atoms with Crippen LogP contribution in [-0.2, 0) is 6.42 Å². The molecule has 2 rings (SSSR count). The minimum Gasteiger partial charge on any atom is -0.373 e. The van der Waals surface area contributed by atoms with E-state index in [1.54, 1.807) is 0 Å². The predicted molar refractivity (Wildman–Crippen MR) is 89.1 cm³/mol. The smallest absolute Gasteiger partial charge is 0.134 e. The minimum atomic E-state index is 0.775. The van der Waals surface area contributed by atoms with Crippen LogP contribution in [-0.4, -0.2) is 48.1 Å². The molecule has 1 aliphatic rings. The van der Waals surface area contributed by atoms with E-state index in [0.29, 0.717) is 0 Å². The van der Waals surface area contributed by atoms with E-state index in [4.69, 9.17) is 0 Å². The van der Waals surface area contributed by atoms with Crippen LogP contribution in [0.1, 0.15) is 44.0 Å². The zero-order valence-corrected chi connectivity index (χ0v) is 13.9. The first kappa shape index (κ1) is 16.0. The number of aryl methyl sites for hydroxylation is 1. The highest BCUT2D eigenvalue weighted by Crippen LogP contribution is 2.22. The second kappa shape index (κ2) is 7.59. The van der Waals surface area contributed by atoms with E-state index in [2.05, 4.69) is 46.4 Å². The molecule has 1 saturated carbocycles. The highest BCUT2D eigenvalue weighted by atomic mass is 15.2. The number of likely N-dealkylation sites (N-methyl/N-ethyl adjacent to an activating group) is 1. The van der Waals surface area contributed by atoms with E-state index >= 15 is 0 Å². The van der Waals surface area contributed by atoms with E-state index in [1.807, 2.05) is 7.05 Å². The molecule has 0 saturated heterocycles. The summed E-state index contributed by atoms with van der Waals surface area (Å²) >= 11 is 0. The van der Waals surface area contributed by atoms with Crippen LogP contribution in [0.15, 0.2) is 0 Å². The molecule has 1 heterocycles. The van der Waals surface area contributed by atoms with E-state index in [-0.39, 0.29) is 0 Å². The van der Waals surface area contributed by atoms with Crippen molar-refractivity contribution in [2.45, 2.75) is 52.0 Å². The summed E-state index contributed by atoms with van der Waals surface area (Å²) in [6.07, 6.45) is 6.34. The summed E-state index contributed by atoms with van der Waals surface area (Å²) in [6.45, 7) is 6.14. The number of hydrogen-bond donors (Lipinski definition) is 2. The Morgan fingerprint density at radius 3 is 2.48 bits per heavy atom. The van der Waals surface area contributed by atoms with Crippen molar-refractivity contribution in [3.8, 4) is 0 Å². The van der Waals surface area contributed by atoms with E-state index in [0.717, 1.165) is 48.6 Å². The molecule has 0 atom stereocenters. The maximum absolute atomic E-state index is 4.61. The summed E-state index contributed by atoms with van der Waals surface area (Å²) in [6, 6.07) is 0.775. The Hall–Kier alpha value is -1.36. The molecule has 0 bridgehead atoms. The van der Waals surface area contributed by atoms with Crippen molar-refractivity contribution in [1.29, 1.82) is 0 Å². The second-order valence-electron chi connectivity index (χ2n) is 5.91. The number of nitrogens with one attached hydrogen (secondary N) is 2. The van der Waals surface area contributed by atoms with E-state index < -0.39 is 0 Å². The zero-order chi connectivity index (χ0) is 15.2. The maximum atomic E-state index is 4.61. The monoisotopic (exact) mass is 291 g/mol. The molecular weight excluding hydrogens is 262 g/mol. The molecule has 0 amide bonds. The van der Waals surface area contributed by atoms with Crippen molar-refractivity contribution in [3.05, 3.63) is 11.4 Å². The minimum absolute atomic E-state index is 0.775. The van der Waals surface area contributed by atoms with Gasteiger partial charge in [0.05, 0.1) is 0 Å². The number of anilines is 2. The van der Waals surface area contributed by atoms with Crippen LogP contribution in [0.3, 0.4) is 0 Å².